The van der Waals surface area contributed by atoms with Crippen LogP contribution in [0.5, 0.6) is 0 Å². The number of rotatable bonds is 9. The van der Waals surface area contributed by atoms with E-state index in [1.807, 2.05) is 44.2 Å². The van der Waals surface area contributed by atoms with E-state index in [1.54, 1.807) is 13.8 Å². The van der Waals surface area contributed by atoms with Crippen molar-refractivity contribution in [1.29, 1.82) is 0 Å². The van der Waals surface area contributed by atoms with Crippen LogP contribution in [-0.4, -0.2) is 46.4 Å². The van der Waals surface area contributed by atoms with Gasteiger partial charge >= 0.3 is 0 Å². The van der Waals surface area contributed by atoms with E-state index in [-0.39, 0.29) is 18.3 Å². The molecule has 0 saturated carbocycles. The molecule has 0 aliphatic heterocycles. The van der Waals surface area contributed by atoms with E-state index in [0.717, 1.165) is 5.56 Å². The zero-order valence-corrected chi connectivity index (χ0v) is 15.8. The fraction of sp³-hybridized carbons (Fsp3) is 0.579. The second-order valence-electron chi connectivity index (χ2n) is 7.21. The molecule has 7 nitrogen and oxygen atoms in total. The molecule has 0 aliphatic carbocycles. The van der Waals surface area contributed by atoms with Crippen LogP contribution in [0.4, 0.5) is 0 Å². The van der Waals surface area contributed by atoms with E-state index in [9.17, 15) is 19.8 Å². The molecule has 0 heterocycles. The molecular weight excluding hydrogens is 334 g/mol. The fourth-order valence-corrected chi connectivity index (χ4v) is 2.48. The maximum Gasteiger partial charge on any atom is 0.243 e. The fourth-order valence-electron chi connectivity index (χ4n) is 2.48. The van der Waals surface area contributed by atoms with E-state index >= 15 is 0 Å². The number of hydrogen-bond acceptors (Lipinski definition) is 5. The Hall–Kier alpha value is -1.96. The molecule has 0 bridgehead atoms. The van der Waals surface area contributed by atoms with Crippen molar-refractivity contribution in [3.63, 3.8) is 0 Å². The first-order valence-corrected chi connectivity index (χ1v) is 8.89. The van der Waals surface area contributed by atoms with E-state index in [0.29, 0.717) is 0 Å². The molecular formula is C19H31N3O4. The quantitative estimate of drug-likeness (QED) is 0.398. The Morgan fingerprint density at radius 3 is 2.00 bits per heavy atom. The molecule has 0 saturated heterocycles. The van der Waals surface area contributed by atoms with Crippen molar-refractivity contribution in [3.05, 3.63) is 35.9 Å². The Morgan fingerprint density at radius 1 is 0.962 bits per heavy atom. The highest BCUT2D eigenvalue weighted by molar-refractivity contribution is 5.90. The summed E-state index contributed by atoms with van der Waals surface area (Å²) in [6.45, 7) is 7.19. The van der Waals surface area contributed by atoms with Gasteiger partial charge in [-0.05, 0) is 17.4 Å². The molecule has 7 heteroatoms. The molecule has 1 rings (SSSR count). The molecule has 0 radical (unpaired) electrons. The summed E-state index contributed by atoms with van der Waals surface area (Å²) in [4.78, 5) is 25.0. The largest absolute Gasteiger partial charge is 0.366 e. The highest BCUT2D eigenvalue weighted by Gasteiger charge is 2.29. The monoisotopic (exact) mass is 365 g/mol. The van der Waals surface area contributed by atoms with Gasteiger partial charge in [0, 0.05) is 6.42 Å². The van der Waals surface area contributed by atoms with Crippen LogP contribution in [0.25, 0.3) is 0 Å². The highest BCUT2D eigenvalue weighted by atomic mass is 16.5. The van der Waals surface area contributed by atoms with Crippen molar-refractivity contribution in [1.82, 2.24) is 10.6 Å². The van der Waals surface area contributed by atoms with Crippen LogP contribution in [0.1, 0.15) is 33.3 Å². The van der Waals surface area contributed by atoms with E-state index in [2.05, 4.69) is 10.6 Å². The van der Waals surface area contributed by atoms with Gasteiger partial charge in [0.1, 0.15) is 6.04 Å². The number of amides is 2. The lowest BCUT2D eigenvalue weighted by Crippen LogP contribution is -2.57. The number of carbonyl (C=O) groups is 2. The van der Waals surface area contributed by atoms with Crippen LogP contribution in [0.2, 0.25) is 0 Å². The summed E-state index contributed by atoms with van der Waals surface area (Å²) in [6, 6.07) is 6.84. The first kappa shape index (κ1) is 22.1. The smallest absolute Gasteiger partial charge is 0.243 e. The van der Waals surface area contributed by atoms with Crippen molar-refractivity contribution in [2.45, 2.75) is 58.5 Å². The average molecular weight is 365 g/mol. The SMILES string of the molecule is CC(C)C(N)C(=O)NC(Cc1ccccc1)C(=O)NC(C(C)C)C(O)O. The van der Waals surface area contributed by atoms with Gasteiger partial charge in [-0.15, -0.1) is 0 Å². The molecule has 2 amide bonds. The summed E-state index contributed by atoms with van der Waals surface area (Å²) in [7, 11) is 0. The van der Waals surface area contributed by atoms with E-state index in [4.69, 9.17) is 5.73 Å². The minimum Gasteiger partial charge on any atom is -0.366 e. The van der Waals surface area contributed by atoms with Gasteiger partial charge in [-0.3, -0.25) is 9.59 Å². The molecule has 0 aliphatic rings. The summed E-state index contributed by atoms with van der Waals surface area (Å²) in [5.41, 5.74) is 6.75. The summed E-state index contributed by atoms with van der Waals surface area (Å²) in [5.74, 6) is -1.16. The van der Waals surface area contributed by atoms with Gasteiger partial charge in [0.25, 0.3) is 0 Å². The third-order valence-corrected chi connectivity index (χ3v) is 4.28. The predicted octanol–water partition coefficient (Wildman–Crippen LogP) is 0.149. The van der Waals surface area contributed by atoms with Crippen molar-refractivity contribution >= 4 is 11.8 Å². The Morgan fingerprint density at radius 2 is 1.54 bits per heavy atom. The van der Waals surface area contributed by atoms with Crippen LogP contribution < -0.4 is 16.4 Å². The molecule has 0 fully saturated rings. The maximum atomic E-state index is 12.7. The van der Waals surface area contributed by atoms with Crippen molar-refractivity contribution < 1.29 is 19.8 Å². The van der Waals surface area contributed by atoms with Gasteiger partial charge in [0.05, 0.1) is 12.1 Å². The van der Waals surface area contributed by atoms with Gasteiger partial charge in [-0.2, -0.15) is 0 Å². The minimum atomic E-state index is -1.69. The van der Waals surface area contributed by atoms with Gasteiger partial charge in [0.15, 0.2) is 6.29 Å². The highest BCUT2D eigenvalue weighted by Crippen LogP contribution is 2.09. The summed E-state index contributed by atoms with van der Waals surface area (Å²) >= 11 is 0. The lowest BCUT2D eigenvalue weighted by atomic mass is 10.00. The lowest BCUT2D eigenvalue weighted by molar-refractivity contribution is -0.134. The number of aliphatic hydroxyl groups excluding tert-OH is 1. The number of hydrogen-bond donors (Lipinski definition) is 5. The van der Waals surface area contributed by atoms with Gasteiger partial charge < -0.3 is 26.6 Å². The second-order valence-corrected chi connectivity index (χ2v) is 7.21. The number of carbonyl (C=O) groups excluding carboxylic acids is 2. The Balaban J connectivity index is 2.95. The molecule has 1 aromatic carbocycles. The van der Waals surface area contributed by atoms with Crippen molar-refractivity contribution in [2.24, 2.45) is 17.6 Å². The van der Waals surface area contributed by atoms with Crippen LogP contribution >= 0.6 is 0 Å². The molecule has 6 N–H and O–H groups in total. The zero-order chi connectivity index (χ0) is 19.9. The molecule has 3 unspecified atom stereocenters. The summed E-state index contributed by atoms with van der Waals surface area (Å²) in [6.07, 6.45) is -1.42. The molecule has 1 aromatic rings. The summed E-state index contributed by atoms with van der Waals surface area (Å²) < 4.78 is 0. The number of benzene rings is 1. The maximum absolute atomic E-state index is 12.7. The van der Waals surface area contributed by atoms with Crippen LogP contribution in [0.3, 0.4) is 0 Å². The topological polar surface area (TPSA) is 125 Å². The van der Waals surface area contributed by atoms with E-state index in [1.165, 1.54) is 0 Å². The Bertz CT molecular complexity index is 567. The third kappa shape index (κ3) is 6.74. The number of nitrogens with one attached hydrogen (secondary N) is 2. The average Bonchev–Trinajstić information content (AvgIpc) is 2.58. The Labute approximate surface area is 155 Å². The second kappa shape index (κ2) is 10.3. The van der Waals surface area contributed by atoms with Crippen LogP contribution in [0, 0.1) is 11.8 Å². The summed E-state index contributed by atoms with van der Waals surface area (Å²) in [5, 5.41) is 24.3. The predicted molar refractivity (Wildman–Crippen MR) is 99.9 cm³/mol. The standard InChI is InChI=1S/C19H31N3O4/c1-11(2)15(20)18(24)21-14(10-13-8-6-5-7-9-13)17(23)22-16(12(3)4)19(25)26/h5-9,11-12,14-16,19,25-26H,10,20H2,1-4H3,(H,21,24)(H,22,23). The number of aliphatic hydroxyl groups is 2. The zero-order valence-electron chi connectivity index (χ0n) is 15.8. The van der Waals surface area contributed by atoms with Crippen molar-refractivity contribution in [2.75, 3.05) is 0 Å². The molecule has 3 atom stereocenters. The normalized spacial score (nSPS) is 15.0. The van der Waals surface area contributed by atoms with Gasteiger partial charge in [-0.25, -0.2) is 0 Å². The lowest BCUT2D eigenvalue weighted by Gasteiger charge is -2.28. The van der Waals surface area contributed by atoms with Crippen LogP contribution in [0.15, 0.2) is 30.3 Å². The van der Waals surface area contributed by atoms with Gasteiger partial charge in [0.2, 0.25) is 11.8 Å². The molecule has 0 spiro atoms. The first-order chi connectivity index (χ1) is 12.1. The molecule has 146 valence electrons. The van der Waals surface area contributed by atoms with Crippen molar-refractivity contribution in [3.8, 4) is 0 Å². The molecule has 26 heavy (non-hydrogen) atoms. The Kier molecular flexibility index (Phi) is 8.71. The van der Waals surface area contributed by atoms with E-state index < -0.39 is 36.2 Å². The van der Waals surface area contributed by atoms with Crippen LogP contribution in [-0.2, 0) is 16.0 Å². The third-order valence-electron chi connectivity index (χ3n) is 4.28. The number of nitrogens with two attached hydrogens (primary N) is 1. The minimum absolute atomic E-state index is 0.0712. The molecule has 0 aromatic heterocycles. The first-order valence-electron chi connectivity index (χ1n) is 8.89. The van der Waals surface area contributed by atoms with Gasteiger partial charge in [-0.1, -0.05) is 58.0 Å².